The highest BCUT2D eigenvalue weighted by molar-refractivity contribution is 5.22. The van der Waals surface area contributed by atoms with Gasteiger partial charge in [0.2, 0.25) is 0 Å². The molecule has 1 heterocycles. The fourth-order valence-electron chi connectivity index (χ4n) is 2.13. The van der Waals surface area contributed by atoms with Crippen LogP contribution in [0.1, 0.15) is 35.3 Å². The van der Waals surface area contributed by atoms with Crippen molar-refractivity contribution in [2.24, 2.45) is 7.05 Å². The molecule has 0 bridgehead atoms. The standard InChI is InChI=1S/C15H21N3/c1-11-5-7-14(8-6-11)9-16-12(2)15-10-18(4)17-13(15)3/h5-8,10,12,16H,9H2,1-4H3. The van der Waals surface area contributed by atoms with E-state index in [9.17, 15) is 0 Å². The van der Waals surface area contributed by atoms with Gasteiger partial charge in [-0.05, 0) is 26.3 Å². The third-order valence-corrected chi connectivity index (χ3v) is 3.25. The maximum atomic E-state index is 4.38. The first kappa shape index (κ1) is 12.8. The summed E-state index contributed by atoms with van der Waals surface area (Å²) in [7, 11) is 1.96. The van der Waals surface area contributed by atoms with Crippen LogP contribution in [0.2, 0.25) is 0 Å². The molecule has 96 valence electrons. The minimum atomic E-state index is 0.319. The molecule has 0 saturated carbocycles. The van der Waals surface area contributed by atoms with Crippen molar-refractivity contribution in [3.63, 3.8) is 0 Å². The van der Waals surface area contributed by atoms with Gasteiger partial charge in [-0.15, -0.1) is 0 Å². The number of nitrogens with zero attached hydrogens (tertiary/aromatic N) is 2. The van der Waals surface area contributed by atoms with E-state index in [4.69, 9.17) is 0 Å². The second kappa shape index (κ2) is 5.36. The van der Waals surface area contributed by atoms with Crippen molar-refractivity contribution in [2.75, 3.05) is 0 Å². The molecular formula is C15H21N3. The molecule has 2 aromatic rings. The van der Waals surface area contributed by atoms with Gasteiger partial charge in [-0.1, -0.05) is 29.8 Å². The SMILES string of the molecule is Cc1ccc(CNC(C)c2cn(C)nc2C)cc1. The lowest BCUT2D eigenvalue weighted by Gasteiger charge is -2.13. The molecule has 1 atom stereocenters. The van der Waals surface area contributed by atoms with Crippen LogP contribution in [0.3, 0.4) is 0 Å². The molecule has 2 rings (SSSR count). The number of rotatable bonds is 4. The Bertz CT molecular complexity index is 511. The van der Waals surface area contributed by atoms with Gasteiger partial charge < -0.3 is 5.32 Å². The molecule has 3 nitrogen and oxygen atoms in total. The highest BCUT2D eigenvalue weighted by atomic mass is 15.3. The van der Waals surface area contributed by atoms with Crippen LogP contribution in [0, 0.1) is 13.8 Å². The molecule has 0 aliphatic carbocycles. The van der Waals surface area contributed by atoms with Crippen molar-refractivity contribution in [2.45, 2.75) is 33.4 Å². The van der Waals surface area contributed by atoms with E-state index in [1.54, 1.807) is 0 Å². The topological polar surface area (TPSA) is 29.9 Å². The molecule has 0 saturated heterocycles. The van der Waals surface area contributed by atoms with Gasteiger partial charge >= 0.3 is 0 Å². The van der Waals surface area contributed by atoms with Crippen LogP contribution in [-0.2, 0) is 13.6 Å². The Morgan fingerprint density at radius 2 is 1.89 bits per heavy atom. The Kier molecular flexibility index (Phi) is 3.82. The van der Waals surface area contributed by atoms with E-state index in [1.807, 2.05) is 11.7 Å². The fourth-order valence-corrected chi connectivity index (χ4v) is 2.13. The summed E-state index contributed by atoms with van der Waals surface area (Å²) in [5.41, 5.74) is 4.98. The van der Waals surface area contributed by atoms with Crippen molar-refractivity contribution < 1.29 is 0 Å². The minimum absolute atomic E-state index is 0.319. The van der Waals surface area contributed by atoms with Crippen molar-refractivity contribution in [3.8, 4) is 0 Å². The van der Waals surface area contributed by atoms with Gasteiger partial charge in [0.1, 0.15) is 0 Å². The van der Waals surface area contributed by atoms with Gasteiger partial charge in [0.25, 0.3) is 0 Å². The molecule has 1 N–H and O–H groups in total. The van der Waals surface area contributed by atoms with Gasteiger partial charge in [-0.3, -0.25) is 4.68 Å². The van der Waals surface area contributed by atoms with Crippen LogP contribution in [0.5, 0.6) is 0 Å². The maximum absolute atomic E-state index is 4.38. The van der Waals surface area contributed by atoms with E-state index in [-0.39, 0.29) is 0 Å². The van der Waals surface area contributed by atoms with Crippen LogP contribution in [0.25, 0.3) is 0 Å². The summed E-state index contributed by atoms with van der Waals surface area (Å²) in [4.78, 5) is 0. The molecule has 18 heavy (non-hydrogen) atoms. The summed E-state index contributed by atoms with van der Waals surface area (Å²) in [6.07, 6.45) is 2.09. The normalized spacial score (nSPS) is 12.7. The molecule has 0 spiro atoms. The minimum Gasteiger partial charge on any atom is -0.306 e. The Balaban J connectivity index is 1.98. The number of benzene rings is 1. The largest absolute Gasteiger partial charge is 0.306 e. The van der Waals surface area contributed by atoms with Gasteiger partial charge in [0, 0.05) is 31.4 Å². The lowest BCUT2D eigenvalue weighted by molar-refractivity contribution is 0.572. The summed E-state index contributed by atoms with van der Waals surface area (Å²) in [5, 5.41) is 7.91. The number of nitrogens with one attached hydrogen (secondary N) is 1. The van der Waals surface area contributed by atoms with Crippen LogP contribution in [-0.4, -0.2) is 9.78 Å². The molecule has 0 fully saturated rings. The van der Waals surface area contributed by atoms with Gasteiger partial charge in [-0.2, -0.15) is 5.10 Å². The zero-order valence-corrected chi connectivity index (χ0v) is 11.6. The Hall–Kier alpha value is -1.61. The van der Waals surface area contributed by atoms with Gasteiger partial charge in [-0.25, -0.2) is 0 Å². The van der Waals surface area contributed by atoms with E-state index in [0.717, 1.165) is 12.2 Å². The summed E-state index contributed by atoms with van der Waals surface area (Å²) in [5.74, 6) is 0. The number of hydrogen-bond donors (Lipinski definition) is 1. The lowest BCUT2D eigenvalue weighted by atomic mass is 10.1. The van der Waals surface area contributed by atoms with Crippen molar-refractivity contribution in [3.05, 3.63) is 52.8 Å². The van der Waals surface area contributed by atoms with Crippen LogP contribution >= 0.6 is 0 Å². The van der Waals surface area contributed by atoms with E-state index in [0.29, 0.717) is 6.04 Å². The first-order valence-corrected chi connectivity index (χ1v) is 6.35. The molecule has 1 aromatic heterocycles. The van der Waals surface area contributed by atoms with Gasteiger partial charge in [0.15, 0.2) is 0 Å². The molecular weight excluding hydrogens is 222 g/mol. The van der Waals surface area contributed by atoms with Crippen molar-refractivity contribution in [1.82, 2.24) is 15.1 Å². The Labute approximate surface area is 109 Å². The van der Waals surface area contributed by atoms with Crippen molar-refractivity contribution in [1.29, 1.82) is 0 Å². The first-order valence-electron chi connectivity index (χ1n) is 6.35. The number of hydrogen-bond acceptors (Lipinski definition) is 2. The van der Waals surface area contributed by atoms with Gasteiger partial charge in [0.05, 0.1) is 5.69 Å². The highest BCUT2D eigenvalue weighted by Crippen LogP contribution is 2.16. The predicted octanol–water partition coefficient (Wildman–Crippen LogP) is 2.89. The average molecular weight is 243 g/mol. The van der Waals surface area contributed by atoms with E-state index < -0.39 is 0 Å². The average Bonchev–Trinajstić information content (AvgIpc) is 2.67. The zero-order chi connectivity index (χ0) is 13.1. The molecule has 1 aromatic carbocycles. The van der Waals surface area contributed by atoms with Crippen LogP contribution < -0.4 is 5.32 Å². The Morgan fingerprint density at radius 3 is 2.44 bits per heavy atom. The summed E-state index contributed by atoms with van der Waals surface area (Å²) in [6.45, 7) is 7.23. The summed E-state index contributed by atoms with van der Waals surface area (Å²) >= 11 is 0. The second-order valence-corrected chi connectivity index (χ2v) is 4.93. The molecule has 0 aliphatic rings. The van der Waals surface area contributed by atoms with E-state index >= 15 is 0 Å². The fraction of sp³-hybridized carbons (Fsp3) is 0.400. The van der Waals surface area contributed by atoms with Crippen LogP contribution in [0.4, 0.5) is 0 Å². The number of aromatic nitrogens is 2. The zero-order valence-electron chi connectivity index (χ0n) is 11.6. The maximum Gasteiger partial charge on any atom is 0.0641 e. The van der Waals surface area contributed by atoms with Crippen LogP contribution in [0.15, 0.2) is 30.5 Å². The molecule has 0 amide bonds. The van der Waals surface area contributed by atoms with E-state index in [2.05, 4.69) is 61.6 Å². The third kappa shape index (κ3) is 2.99. The molecule has 1 unspecified atom stereocenters. The lowest BCUT2D eigenvalue weighted by Crippen LogP contribution is -2.18. The third-order valence-electron chi connectivity index (χ3n) is 3.25. The quantitative estimate of drug-likeness (QED) is 0.895. The van der Waals surface area contributed by atoms with E-state index in [1.165, 1.54) is 16.7 Å². The monoisotopic (exact) mass is 243 g/mol. The highest BCUT2D eigenvalue weighted by Gasteiger charge is 2.10. The summed E-state index contributed by atoms with van der Waals surface area (Å²) in [6, 6.07) is 8.96. The summed E-state index contributed by atoms with van der Waals surface area (Å²) < 4.78 is 1.87. The smallest absolute Gasteiger partial charge is 0.0641 e. The molecule has 3 heteroatoms. The molecule has 0 radical (unpaired) electrons. The predicted molar refractivity (Wildman–Crippen MR) is 74.4 cm³/mol. The van der Waals surface area contributed by atoms with Crippen molar-refractivity contribution >= 4 is 0 Å². The second-order valence-electron chi connectivity index (χ2n) is 4.93. The first-order chi connectivity index (χ1) is 8.56. The number of aryl methyl sites for hydroxylation is 3. The Morgan fingerprint density at radius 1 is 1.22 bits per heavy atom. The molecule has 0 aliphatic heterocycles.